The zero-order valence-electron chi connectivity index (χ0n) is 9.30. The Hall–Kier alpha value is -1.78. The number of hydrogen-bond acceptors (Lipinski definition) is 2. The topological polar surface area (TPSA) is 37.4 Å². The fourth-order valence-corrected chi connectivity index (χ4v) is 1.81. The average Bonchev–Trinajstić information content (AvgIpc) is 2.24. The van der Waals surface area contributed by atoms with E-state index in [2.05, 4.69) is 0 Å². The highest BCUT2D eigenvalue weighted by Crippen LogP contribution is 2.25. The number of Topliss-reactive ketones (excluding diaryl/α,β-unsaturated/α-hetero) is 1. The summed E-state index contributed by atoms with van der Waals surface area (Å²) in [5, 5.41) is 0. The van der Waals surface area contributed by atoms with Crippen molar-refractivity contribution < 1.29 is 18.4 Å². The van der Waals surface area contributed by atoms with E-state index in [0.29, 0.717) is 0 Å². The van der Waals surface area contributed by atoms with Crippen molar-refractivity contribution in [3.05, 3.63) is 29.3 Å². The lowest BCUT2D eigenvalue weighted by Crippen LogP contribution is -2.39. The highest BCUT2D eigenvalue weighted by Gasteiger charge is 2.27. The maximum atomic E-state index is 13.6. The van der Waals surface area contributed by atoms with Crippen molar-refractivity contribution in [1.29, 1.82) is 0 Å². The standard InChI is InChI=1S/C12H11F2NO2/c1-7-4-10(14)11(6-9(7)13)15-3-2-8(16)5-12(15)17/h4,6H,2-3,5H2,1H3. The van der Waals surface area contributed by atoms with Gasteiger partial charge in [-0.25, -0.2) is 8.78 Å². The van der Waals surface area contributed by atoms with Crippen molar-refractivity contribution >= 4 is 17.4 Å². The first kappa shape index (κ1) is 11.7. The Morgan fingerprint density at radius 3 is 2.53 bits per heavy atom. The normalized spacial score (nSPS) is 16.5. The smallest absolute Gasteiger partial charge is 0.234 e. The highest BCUT2D eigenvalue weighted by atomic mass is 19.1. The third-order valence-electron chi connectivity index (χ3n) is 2.78. The third-order valence-corrected chi connectivity index (χ3v) is 2.78. The number of carbonyl (C=O) groups excluding carboxylic acids is 2. The number of piperidine rings is 1. The van der Waals surface area contributed by atoms with E-state index in [9.17, 15) is 18.4 Å². The van der Waals surface area contributed by atoms with E-state index < -0.39 is 17.5 Å². The molecular weight excluding hydrogens is 228 g/mol. The number of halogens is 2. The number of ketones is 1. The van der Waals surface area contributed by atoms with Crippen LogP contribution in [0, 0.1) is 18.6 Å². The van der Waals surface area contributed by atoms with Gasteiger partial charge in [0.25, 0.3) is 0 Å². The van der Waals surface area contributed by atoms with Crippen LogP contribution in [0.15, 0.2) is 12.1 Å². The van der Waals surface area contributed by atoms with Crippen LogP contribution in [0.25, 0.3) is 0 Å². The minimum atomic E-state index is -0.647. The van der Waals surface area contributed by atoms with E-state index in [4.69, 9.17) is 0 Å². The molecule has 1 aromatic carbocycles. The first-order valence-corrected chi connectivity index (χ1v) is 5.27. The van der Waals surface area contributed by atoms with Crippen molar-refractivity contribution in [2.24, 2.45) is 0 Å². The summed E-state index contributed by atoms with van der Waals surface area (Å²) in [5.74, 6) is -1.86. The molecule has 3 nitrogen and oxygen atoms in total. The SMILES string of the molecule is Cc1cc(F)c(N2CCC(=O)CC2=O)cc1F. The number of aryl methyl sites for hydroxylation is 1. The Balaban J connectivity index is 2.37. The molecule has 1 aliphatic heterocycles. The number of anilines is 1. The molecule has 2 rings (SSSR count). The summed E-state index contributed by atoms with van der Waals surface area (Å²) in [6, 6.07) is 2.05. The zero-order chi connectivity index (χ0) is 12.6. The molecule has 0 radical (unpaired) electrons. The van der Waals surface area contributed by atoms with Gasteiger partial charge in [0.1, 0.15) is 17.4 Å². The average molecular weight is 239 g/mol. The molecule has 0 atom stereocenters. The van der Waals surface area contributed by atoms with Crippen LogP contribution in [0.3, 0.4) is 0 Å². The molecule has 0 unspecified atom stereocenters. The first-order valence-electron chi connectivity index (χ1n) is 5.27. The van der Waals surface area contributed by atoms with Gasteiger partial charge in [0.05, 0.1) is 12.1 Å². The molecule has 0 aliphatic carbocycles. The lowest BCUT2D eigenvalue weighted by atomic mass is 10.1. The molecule has 1 aliphatic rings. The summed E-state index contributed by atoms with van der Waals surface area (Å²) < 4.78 is 27.0. The fourth-order valence-electron chi connectivity index (χ4n) is 1.81. The number of nitrogens with zero attached hydrogens (tertiary/aromatic N) is 1. The number of rotatable bonds is 1. The molecule has 0 N–H and O–H groups in total. The van der Waals surface area contributed by atoms with Gasteiger partial charge in [-0.2, -0.15) is 0 Å². The van der Waals surface area contributed by atoms with Crippen LogP contribution in [0.4, 0.5) is 14.5 Å². The van der Waals surface area contributed by atoms with Crippen LogP contribution in [-0.4, -0.2) is 18.2 Å². The van der Waals surface area contributed by atoms with Crippen LogP contribution < -0.4 is 4.90 Å². The fraction of sp³-hybridized carbons (Fsp3) is 0.333. The molecule has 5 heteroatoms. The predicted molar refractivity (Wildman–Crippen MR) is 57.7 cm³/mol. The second kappa shape index (κ2) is 4.24. The van der Waals surface area contributed by atoms with E-state index >= 15 is 0 Å². The number of hydrogen-bond donors (Lipinski definition) is 0. The molecule has 0 spiro atoms. The molecule has 1 heterocycles. The summed E-state index contributed by atoms with van der Waals surface area (Å²) in [7, 11) is 0. The molecule has 90 valence electrons. The van der Waals surface area contributed by atoms with Gasteiger partial charge >= 0.3 is 0 Å². The monoisotopic (exact) mass is 239 g/mol. The van der Waals surface area contributed by atoms with Gasteiger partial charge in [0, 0.05) is 19.0 Å². The largest absolute Gasteiger partial charge is 0.309 e. The van der Waals surface area contributed by atoms with E-state index in [1.807, 2.05) is 0 Å². The maximum Gasteiger partial charge on any atom is 0.234 e. The summed E-state index contributed by atoms with van der Waals surface area (Å²) in [6.07, 6.45) is -0.0599. The van der Waals surface area contributed by atoms with Gasteiger partial charge < -0.3 is 4.90 Å². The third kappa shape index (κ3) is 2.18. The quantitative estimate of drug-likeness (QED) is 0.702. The molecule has 0 bridgehead atoms. The van der Waals surface area contributed by atoms with Crippen LogP contribution in [0.1, 0.15) is 18.4 Å². The Morgan fingerprint density at radius 2 is 1.88 bits per heavy atom. The van der Waals surface area contributed by atoms with Crippen molar-refractivity contribution in [2.75, 3.05) is 11.4 Å². The van der Waals surface area contributed by atoms with Crippen molar-refractivity contribution in [2.45, 2.75) is 19.8 Å². The number of carbonyl (C=O) groups is 2. The van der Waals surface area contributed by atoms with Crippen LogP contribution in [-0.2, 0) is 9.59 Å². The van der Waals surface area contributed by atoms with E-state index in [1.54, 1.807) is 0 Å². The Morgan fingerprint density at radius 1 is 1.18 bits per heavy atom. The lowest BCUT2D eigenvalue weighted by molar-refractivity contribution is -0.128. The number of amides is 1. The van der Waals surface area contributed by atoms with Gasteiger partial charge in [0.15, 0.2) is 0 Å². The molecule has 1 amide bonds. The second-order valence-electron chi connectivity index (χ2n) is 4.06. The van der Waals surface area contributed by atoms with Gasteiger partial charge in [-0.1, -0.05) is 0 Å². The Labute approximate surface area is 97.0 Å². The van der Waals surface area contributed by atoms with Gasteiger partial charge in [-0.05, 0) is 18.6 Å². The maximum absolute atomic E-state index is 13.6. The Kier molecular flexibility index (Phi) is 2.92. The molecule has 1 fully saturated rings. The predicted octanol–water partition coefficient (Wildman–Crippen LogP) is 1.97. The molecule has 1 aromatic rings. The second-order valence-corrected chi connectivity index (χ2v) is 4.06. The molecule has 1 saturated heterocycles. The van der Waals surface area contributed by atoms with Crippen LogP contribution in [0.2, 0.25) is 0 Å². The van der Waals surface area contributed by atoms with Gasteiger partial charge in [-0.3, -0.25) is 9.59 Å². The Bertz CT molecular complexity index is 500. The molecule has 0 aromatic heterocycles. The van der Waals surface area contributed by atoms with Crippen molar-refractivity contribution in [3.63, 3.8) is 0 Å². The van der Waals surface area contributed by atoms with E-state index in [0.717, 1.165) is 17.0 Å². The van der Waals surface area contributed by atoms with Gasteiger partial charge in [-0.15, -0.1) is 0 Å². The van der Waals surface area contributed by atoms with E-state index in [1.165, 1.54) is 6.92 Å². The first-order chi connectivity index (χ1) is 7.99. The summed E-state index contributed by atoms with van der Waals surface area (Å²) >= 11 is 0. The highest BCUT2D eigenvalue weighted by molar-refractivity contribution is 6.08. The molecule has 17 heavy (non-hydrogen) atoms. The summed E-state index contributed by atoms with van der Waals surface area (Å²) in [4.78, 5) is 23.7. The summed E-state index contributed by atoms with van der Waals surface area (Å²) in [5.41, 5.74) is 0.0948. The molecule has 0 saturated carbocycles. The summed E-state index contributed by atoms with van der Waals surface area (Å²) in [6.45, 7) is 1.56. The lowest BCUT2D eigenvalue weighted by Gasteiger charge is -2.26. The van der Waals surface area contributed by atoms with E-state index in [-0.39, 0.29) is 36.4 Å². The van der Waals surface area contributed by atoms with Crippen molar-refractivity contribution in [3.8, 4) is 0 Å². The number of benzene rings is 1. The zero-order valence-corrected chi connectivity index (χ0v) is 9.30. The molecular formula is C12H11F2NO2. The van der Waals surface area contributed by atoms with Crippen molar-refractivity contribution in [1.82, 2.24) is 0 Å². The minimum Gasteiger partial charge on any atom is -0.309 e. The van der Waals surface area contributed by atoms with Crippen LogP contribution in [0.5, 0.6) is 0 Å². The minimum absolute atomic E-state index is 0.0920. The van der Waals surface area contributed by atoms with Crippen LogP contribution >= 0.6 is 0 Å². The van der Waals surface area contributed by atoms with Gasteiger partial charge in [0.2, 0.25) is 5.91 Å².